The first-order chi connectivity index (χ1) is 18.1. The predicted octanol–water partition coefficient (Wildman–Crippen LogP) is 5.52. The zero-order valence-corrected chi connectivity index (χ0v) is 22.0. The first kappa shape index (κ1) is 26.6. The molecule has 0 spiro atoms. The van der Waals surface area contributed by atoms with Crippen LogP contribution in [-0.4, -0.2) is 68.8 Å². The van der Waals surface area contributed by atoms with Crippen LogP contribution in [0.3, 0.4) is 0 Å². The zero-order valence-electron chi connectivity index (χ0n) is 22.0. The Morgan fingerprint density at radius 1 is 0.865 bits per heavy atom. The van der Waals surface area contributed by atoms with Gasteiger partial charge in [0.2, 0.25) is 5.75 Å². The highest BCUT2D eigenvalue weighted by atomic mass is 19.1. The van der Waals surface area contributed by atoms with Crippen molar-refractivity contribution in [1.82, 2.24) is 14.8 Å². The van der Waals surface area contributed by atoms with Gasteiger partial charge in [-0.2, -0.15) is 0 Å². The molecule has 6 nitrogen and oxygen atoms in total. The van der Waals surface area contributed by atoms with Crippen LogP contribution in [0.4, 0.5) is 4.39 Å². The molecule has 1 aromatic heterocycles. The fourth-order valence-electron chi connectivity index (χ4n) is 4.61. The van der Waals surface area contributed by atoms with E-state index in [4.69, 9.17) is 14.2 Å². The molecule has 0 atom stereocenters. The maximum absolute atomic E-state index is 13.0. The maximum atomic E-state index is 13.0. The van der Waals surface area contributed by atoms with Gasteiger partial charge in [-0.15, -0.1) is 0 Å². The minimum atomic E-state index is -0.195. The van der Waals surface area contributed by atoms with E-state index < -0.39 is 0 Å². The second-order valence-electron chi connectivity index (χ2n) is 9.18. The molecule has 4 rings (SSSR count). The van der Waals surface area contributed by atoms with Crippen LogP contribution in [0.1, 0.15) is 24.0 Å². The Bertz CT molecular complexity index is 1150. The van der Waals surface area contributed by atoms with E-state index in [1.165, 1.54) is 17.7 Å². The van der Waals surface area contributed by atoms with Gasteiger partial charge in [0.05, 0.1) is 27.0 Å². The minimum Gasteiger partial charge on any atom is -0.493 e. The Balaban J connectivity index is 1.26. The lowest BCUT2D eigenvalue weighted by atomic mass is 10.1. The van der Waals surface area contributed by atoms with Crippen molar-refractivity contribution in [3.05, 3.63) is 77.7 Å². The van der Waals surface area contributed by atoms with Crippen LogP contribution in [0.25, 0.3) is 17.3 Å². The minimum absolute atomic E-state index is 0.195. The molecule has 0 amide bonds. The molecule has 1 aliphatic rings. The van der Waals surface area contributed by atoms with E-state index in [9.17, 15) is 4.39 Å². The Labute approximate surface area is 219 Å². The van der Waals surface area contributed by atoms with E-state index >= 15 is 0 Å². The molecule has 37 heavy (non-hydrogen) atoms. The first-order valence-corrected chi connectivity index (χ1v) is 12.7. The van der Waals surface area contributed by atoms with Crippen molar-refractivity contribution in [3.8, 4) is 28.5 Å². The number of pyridine rings is 1. The lowest BCUT2D eigenvalue weighted by Crippen LogP contribution is -2.46. The van der Waals surface area contributed by atoms with Gasteiger partial charge in [-0.1, -0.05) is 24.3 Å². The highest BCUT2D eigenvalue weighted by molar-refractivity contribution is 5.69. The van der Waals surface area contributed by atoms with Crippen molar-refractivity contribution in [2.24, 2.45) is 0 Å². The highest BCUT2D eigenvalue weighted by Gasteiger charge is 2.18. The van der Waals surface area contributed by atoms with E-state index in [-0.39, 0.29) is 5.82 Å². The number of ether oxygens (including phenoxy) is 3. The molecule has 0 aliphatic carbocycles. The lowest BCUT2D eigenvalue weighted by Gasteiger charge is -2.34. The molecule has 0 bridgehead atoms. The molecule has 2 heterocycles. The van der Waals surface area contributed by atoms with E-state index in [1.807, 2.05) is 30.5 Å². The number of piperazine rings is 1. The molecule has 3 aromatic rings. The number of halogens is 1. The number of hydrogen-bond donors (Lipinski definition) is 0. The van der Waals surface area contributed by atoms with Gasteiger partial charge in [0, 0.05) is 44.5 Å². The summed E-state index contributed by atoms with van der Waals surface area (Å²) in [5, 5.41) is 0. The number of aromatic nitrogens is 1. The molecular weight excluding hydrogens is 469 g/mol. The van der Waals surface area contributed by atoms with Gasteiger partial charge in [0.15, 0.2) is 11.5 Å². The molecule has 2 aromatic carbocycles. The van der Waals surface area contributed by atoms with E-state index in [2.05, 4.69) is 39.1 Å². The van der Waals surface area contributed by atoms with Crippen molar-refractivity contribution in [3.63, 3.8) is 0 Å². The van der Waals surface area contributed by atoms with E-state index in [1.54, 1.807) is 21.3 Å². The molecular formula is C30H36FN3O3. The predicted molar refractivity (Wildman–Crippen MR) is 146 cm³/mol. The standard InChI is InChI=1S/C30H36FN3O3/c1-35-28-20-25(21-29(36-2)30(28)37-3)27-19-24(12-13-32-27)22-34-17-15-33(16-18-34)14-6-4-5-7-23-8-10-26(31)11-9-23/h5,7-13,19-21H,4,6,14-18,22H2,1-3H3/b7-5+. The molecule has 0 radical (unpaired) electrons. The average Bonchev–Trinajstić information content (AvgIpc) is 2.94. The van der Waals surface area contributed by atoms with Crippen molar-refractivity contribution in [1.29, 1.82) is 0 Å². The number of benzene rings is 2. The lowest BCUT2D eigenvalue weighted by molar-refractivity contribution is 0.126. The second-order valence-corrected chi connectivity index (χ2v) is 9.18. The van der Waals surface area contributed by atoms with Gasteiger partial charge in [-0.05, 0) is 66.9 Å². The summed E-state index contributed by atoms with van der Waals surface area (Å²) in [6.45, 7) is 6.25. The molecule has 196 valence electrons. The summed E-state index contributed by atoms with van der Waals surface area (Å²) in [6, 6.07) is 14.7. The normalized spacial score (nSPS) is 14.7. The fraction of sp³-hybridized carbons (Fsp3) is 0.367. The molecule has 1 saturated heterocycles. The van der Waals surface area contributed by atoms with Gasteiger partial charge < -0.3 is 19.1 Å². The van der Waals surface area contributed by atoms with Crippen LogP contribution in [0.5, 0.6) is 17.2 Å². The number of methoxy groups -OCH3 is 3. The molecule has 1 aliphatic heterocycles. The Morgan fingerprint density at radius 2 is 1.54 bits per heavy atom. The van der Waals surface area contributed by atoms with Gasteiger partial charge in [-0.25, -0.2) is 4.39 Å². The quantitative estimate of drug-likeness (QED) is 0.320. The maximum Gasteiger partial charge on any atom is 0.203 e. The topological polar surface area (TPSA) is 47.1 Å². The monoisotopic (exact) mass is 505 g/mol. The molecule has 7 heteroatoms. The van der Waals surface area contributed by atoms with Crippen LogP contribution in [0.2, 0.25) is 0 Å². The number of nitrogens with zero attached hydrogens (tertiary/aromatic N) is 3. The van der Waals surface area contributed by atoms with Gasteiger partial charge >= 0.3 is 0 Å². The first-order valence-electron chi connectivity index (χ1n) is 12.7. The van der Waals surface area contributed by atoms with Crippen molar-refractivity contribution in [2.45, 2.75) is 19.4 Å². The van der Waals surface area contributed by atoms with Crippen molar-refractivity contribution >= 4 is 6.08 Å². The number of allylic oxidation sites excluding steroid dienone is 1. The second kappa shape index (κ2) is 13.2. The number of unbranched alkanes of at least 4 members (excludes halogenated alkanes) is 1. The van der Waals surface area contributed by atoms with Gasteiger partial charge in [-0.3, -0.25) is 9.88 Å². The summed E-state index contributed by atoms with van der Waals surface area (Å²) in [5.41, 5.74) is 4.08. The molecule has 0 saturated carbocycles. The van der Waals surface area contributed by atoms with Crippen LogP contribution in [0, 0.1) is 5.82 Å². The SMILES string of the molecule is COc1cc(-c2cc(CN3CCN(CCC/C=C/c4ccc(F)cc4)CC3)ccn2)cc(OC)c1OC. The molecule has 0 N–H and O–H groups in total. The Hall–Kier alpha value is -3.42. The summed E-state index contributed by atoms with van der Waals surface area (Å²) in [5.74, 6) is 1.61. The van der Waals surface area contributed by atoms with Crippen molar-refractivity contribution < 1.29 is 18.6 Å². The van der Waals surface area contributed by atoms with E-state index in [0.29, 0.717) is 17.2 Å². The largest absolute Gasteiger partial charge is 0.493 e. The summed E-state index contributed by atoms with van der Waals surface area (Å²) in [6.07, 6.45) is 8.26. The fourth-order valence-corrected chi connectivity index (χ4v) is 4.61. The third-order valence-corrected chi connectivity index (χ3v) is 6.68. The molecule has 0 unspecified atom stereocenters. The highest BCUT2D eigenvalue weighted by Crippen LogP contribution is 2.40. The number of rotatable bonds is 11. The third-order valence-electron chi connectivity index (χ3n) is 6.68. The third kappa shape index (κ3) is 7.31. The van der Waals surface area contributed by atoms with Crippen LogP contribution < -0.4 is 14.2 Å². The summed E-state index contributed by atoms with van der Waals surface area (Å²) >= 11 is 0. The summed E-state index contributed by atoms with van der Waals surface area (Å²) in [7, 11) is 4.84. The van der Waals surface area contributed by atoms with Crippen molar-refractivity contribution in [2.75, 3.05) is 54.1 Å². The molecule has 1 fully saturated rings. The average molecular weight is 506 g/mol. The van der Waals surface area contributed by atoms with Crippen LogP contribution in [0.15, 0.2) is 60.8 Å². The van der Waals surface area contributed by atoms with Gasteiger partial charge in [0.1, 0.15) is 5.82 Å². The zero-order chi connectivity index (χ0) is 26.0. The van der Waals surface area contributed by atoms with Crippen LogP contribution >= 0.6 is 0 Å². The van der Waals surface area contributed by atoms with Gasteiger partial charge in [0.25, 0.3) is 0 Å². The summed E-state index contributed by atoms with van der Waals surface area (Å²) < 4.78 is 29.5. The number of hydrogen-bond acceptors (Lipinski definition) is 6. The van der Waals surface area contributed by atoms with Crippen LogP contribution in [-0.2, 0) is 6.54 Å². The smallest absolute Gasteiger partial charge is 0.203 e. The Morgan fingerprint density at radius 3 is 2.19 bits per heavy atom. The summed E-state index contributed by atoms with van der Waals surface area (Å²) in [4.78, 5) is 9.63. The van der Waals surface area contributed by atoms with E-state index in [0.717, 1.165) is 68.9 Å². The Kier molecular flexibility index (Phi) is 9.52.